The Hall–Kier alpha value is -1.50. The van der Waals surface area contributed by atoms with E-state index in [-0.39, 0.29) is 0 Å². The van der Waals surface area contributed by atoms with Crippen molar-refractivity contribution in [2.45, 2.75) is 13.5 Å². The van der Waals surface area contributed by atoms with Crippen molar-refractivity contribution in [3.63, 3.8) is 0 Å². The second kappa shape index (κ2) is 5.22. The lowest BCUT2D eigenvalue weighted by molar-refractivity contribution is 1.19. The number of thiophene rings is 1. The summed E-state index contributed by atoms with van der Waals surface area (Å²) in [5.74, 6) is 0. The minimum absolute atomic E-state index is 0.690. The van der Waals surface area contributed by atoms with Gasteiger partial charge >= 0.3 is 0 Å². The van der Waals surface area contributed by atoms with E-state index < -0.39 is 0 Å². The number of rotatable bonds is 3. The Morgan fingerprint density at radius 1 is 1.35 bits per heavy atom. The van der Waals surface area contributed by atoms with E-state index in [1.807, 2.05) is 37.3 Å². The minimum Gasteiger partial charge on any atom is -0.379 e. The molecule has 4 heteroatoms. The first-order chi connectivity index (χ1) is 8.20. The van der Waals surface area contributed by atoms with Crippen molar-refractivity contribution in [1.29, 1.82) is 5.26 Å². The number of benzene rings is 1. The Kier molecular flexibility index (Phi) is 3.68. The minimum atomic E-state index is 0.690. The lowest BCUT2D eigenvalue weighted by atomic mass is 10.2. The summed E-state index contributed by atoms with van der Waals surface area (Å²) in [5, 5.41) is 12.8. The zero-order valence-corrected chi connectivity index (χ0v) is 10.9. The molecule has 0 fully saturated rings. The van der Waals surface area contributed by atoms with Gasteiger partial charge in [0.15, 0.2) is 0 Å². The average molecular weight is 263 g/mol. The SMILES string of the molecule is Cc1cccc(NCc2ccc(C#N)s2)c1Cl. The monoisotopic (exact) mass is 262 g/mol. The maximum Gasteiger partial charge on any atom is 0.110 e. The van der Waals surface area contributed by atoms with Crippen molar-refractivity contribution in [2.24, 2.45) is 0 Å². The molecule has 0 aliphatic heterocycles. The maximum atomic E-state index is 8.74. The van der Waals surface area contributed by atoms with E-state index in [1.165, 1.54) is 11.3 Å². The fraction of sp³-hybridized carbons (Fsp3) is 0.154. The predicted molar refractivity (Wildman–Crippen MR) is 72.5 cm³/mol. The van der Waals surface area contributed by atoms with Gasteiger partial charge in [-0.1, -0.05) is 23.7 Å². The van der Waals surface area contributed by atoms with Crippen LogP contribution in [0.3, 0.4) is 0 Å². The van der Waals surface area contributed by atoms with Gasteiger partial charge in [0.25, 0.3) is 0 Å². The first kappa shape index (κ1) is 12.0. The molecule has 1 aromatic heterocycles. The van der Waals surface area contributed by atoms with Crippen LogP contribution < -0.4 is 5.32 Å². The average Bonchev–Trinajstić information content (AvgIpc) is 2.79. The number of nitrogens with zero attached hydrogens (tertiary/aromatic N) is 1. The summed E-state index contributed by atoms with van der Waals surface area (Å²) in [6.07, 6.45) is 0. The molecule has 0 saturated carbocycles. The highest BCUT2D eigenvalue weighted by atomic mass is 35.5. The number of hydrogen-bond donors (Lipinski definition) is 1. The number of hydrogen-bond acceptors (Lipinski definition) is 3. The molecule has 2 nitrogen and oxygen atoms in total. The van der Waals surface area contributed by atoms with Crippen LogP contribution in [0.2, 0.25) is 5.02 Å². The van der Waals surface area contributed by atoms with Gasteiger partial charge < -0.3 is 5.32 Å². The lowest BCUT2D eigenvalue weighted by Crippen LogP contribution is -1.98. The molecule has 2 aromatic rings. The van der Waals surface area contributed by atoms with Crippen molar-refractivity contribution in [1.82, 2.24) is 0 Å². The van der Waals surface area contributed by atoms with Gasteiger partial charge in [0.1, 0.15) is 10.9 Å². The Balaban J connectivity index is 2.07. The number of anilines is 1. The van der Waals surface area contributed by atoms with Gasteiger partial charge in [-0.3, -0.25) is 0 Å². The van der Waals surface area contributed by atoms with Crippen molar-refractivity contribution in [3.05, 3.63) is 50.7 Å². The number of nitrogens with one attached hydrogen (secondary N) is 1. The summed E-state index contributed by atoms with van der Waals surface area (Å²) < 4.78 is 0. The molecule has 1 N–H and O–H groups in total. The van der Waals surface area contributed by atoms with Gasteiger partial charge in [0.2, 0.25) is 0 Å². The summed E-state index contributed by atoms with van der Waals surface area (Å²) in [6.45, 7) is 2.67. The quantitative estimate of drug-likeness (QED) is 0.900. The fourth-order valence-electron chi connectivity index (χ4n) is 1.50. The number of nitriles is 1. The van der Waals surface area contributed by atoms with Gasteiger partial charge in [0.05, 0.1) is 10.7 Å². The Labute approximate surface area is 109 Å². The first-order valence-electron chi connectivity index (χ1n) is 5.18. The Morgan fingerprint density at radius 2 is 2.18 bits per heavy atom. The second-order valence-electron chi connectivity index (χ2n) is 3.67. The normalized spacial score (nSPS) is 9.94. The van der Waals surface area contributed by atoms with Crippen LogP contribution >= 0.6 is 22.9 Å². The Bertz CT molecular complexity index is 569. The largest absolute Gasteiger partial charge is 0.379 e. The van der Waals surface area contributed by atoms with Gasteiger partial charge in [-0.2, -0.15) is 5.26 Å². The molecule has 0 bridgehead atoms. The topological polar surface area (TPSA) is 35.8 Å². The standard InChI is InChI=1S/C13H11ClN2S/c1-9-3-2-4-12(13(9)14)16-8-11-6-5-10(7-15)17-11/h2-6,16H,8H2,1H3. The van der Waals surface area contributed by atoms with Crippen LogP contribution in [-0.2, 0) is 6.54 Å². The highest BCUT2D eigenvalue weighted by molar-refractivity contribution is 7.12. The van der Waals surface area contributed by atoms with E-state index in [2.05, 4.69) is 11.4 Å². The molecule has 0 radical (unpaired) electrons. The predicted octanol–water partition coefficient (Wildman–Crippen LogP) is 4.19. The molecule has 0 unspecified atom stereocenters. The molecule has 0 saturated heterocycles. The molecule has 1 heterocycles. The van der Waals surface area contributed by atoms with Gasteiger partial charge in [-0.05, 0) is 30.7 Å². The van der Waals surface area contributed by atoms with Crippen LogP contribution in [0.1, 0.15) is 15.3 Å². The van der Waals surface area contributed by atoms with Crippen LogP contribution in [0.15, 0.2) is 30.3 Å². The zero-order chi connectivity index (χ0) is 12.3. The van der Waals surface area contributed by atoms with Crippen LogP contribution in [0.4, 0.5) is 5.69 Å². The fourth-order valence-corrected chi connectivity index (χ4v) is 2.44. The van der Waals surface area contributed by atoms with E-state index in [0.29, 0.717) is 6.54 Å². The molecule has 0 amide bonds. The molecule has 0 atom stereocenters. The van der Waals surface area contributed by atoms with Crippen molar-refractivity contribution >= 4 is 28.6 Å². The Morgan fingerprint density at radius 3 is 2.88 bits per heavy atom. The van der Waals surface area contributed by atoms with Crippen molar-refractivity contribution < 1.29 is 0 Å². The zero-order valence-electron chi connectivity index (χ0n) is 9.33. The maximum absolute atomic E-state index is 8.74. The molecule has 17 heavy (non-hydrogen) atoms. The van der Waals surface area contributed by atoms with Gasteiger partial charge in [0, 0.05) is 11.4 Å². The molecular weight excluding hydrogens is 252 g/mol. The van der Waals surface area contributed by atoms with Crippen LogP contribution in [0, 0.1) is 18.3 Å². The van der Waals surface area contributed by atoms with Gasteiger partial charge in [-0.25, -0.2) is 0 Å². The third kappa shape index (κ3) is 2.79. The molecule has 1 aromatic carbocycles. The molecule has 0 spiro atoms. The summed E-state index contributed by atoms with van der Waals surface area (Å²) >= 11 is 7.68. The number of halogens is 1. The molecule has 2 rings (SSSR count). The van der Waals surface area contributed by atoms with E-state index in [9.17, 15) is 0 Å². The van der Waals surface area contributed by atoms with E-state index >= 15 is 0 Å². The molecule has 86 valence electrons. The van der Waals surface area contributed by atoms with Gasteiger partial charge in [-0.15, -0.1) is 11.3 Å². The van der Waals surface area contributed by atoms with E-state index in [0.717, 1.165) is 26.0 Å². The first-order valence-corrected chi connectivity index (χ1v) is 6.38. The lowest BCUT2D eigenvalue weighted by Gasteiger charge is -2.08. The summed E-state index contributed by atoms with van der Waals surface area (Å²) in [5.41, 5.74) is 1.99. The molecule has 0 aliphatic carbocycles. The summed E-state index contributed by atoms with van der Waals surface area (Å²) in [4.78, 5) is 1.86. The molecular formula is C13H11ClN2S. The summed E-state index contributed by atoms with van der Waals surface area (Å²) in [7, 11) is 0. The second-order valence-corrected chi connectivity index (χ2v) is 5.21. The van der Waals surface area contributed by atoms with E-state index in [4.69, 9.17) is 16.9 Å². The van der Waals surface area contributed by atoms with Crippen molar-refractivity contribution in [2.75, 3.05) is 5.32 Å². The number of aryl methyl sites for hydroxylation is 1. The summed E-state index contributed by atoms with van der Waals surface area (Å²) in [6, 6.07) is 11.8. The van der Waals surface area contributed by atoms with Crippen molar-refractivity contribution in [3.8, 4) is 6.07 Å². The highest BCUT2D eigenvalue weighted by Crippen LogP contribution is 2.26. The van der Waals surface area contributed by atoms with Crippen LogP contribution in [-0.4, -0.2) is 0 Å². The van der Waals surface area contributed by atoms with Crippen LogP contribution in [0.5, 0.6) is 0 Å². The van der Waals surface area contributed by atoms with E-state index in [1.54, 1.807) is 0 Å². The smallest absolute Gasteiger partial charge is 0.110 e. The third-order valence-electron chi connectivity index (χ3n) is 2.42. The highest BCUT2D eigenvalue weighted by Gasteiger charge is 2.03. The molecule has 0 aliphatic rings. The van der Waals surface area contributed by atoms with Crippen LogP contribution in [0.25, 0.3) is 0 Å². The third-order valence-corrected chi connectivity index (χ3v) is 3.91.